The predicted molar refractivity (Wildman–Crippen MR) is 51.2 cm³/mol. The first-order valence-corrected chi connectivity index (χ1v) is 6.67. The van der Waals surface area contributed by atoms with E-state index in [1.165, 1.54) is 0 Å². The van der Waals surface area contributed by atoms with Crippen molar-refractivity contribution in [2.75, 3.05) is 12.3 Å². The maximum atomic E-state index is 12.9. The third-order valence-corrected chi connectivity index (χ3v) is 3.96. The van der Waals surface area contributed by atoms with Gasteiger partial charge in [-0.3, -0.25) is 0 Å². The first kappa shape index (κ1) is 11.3. The van der Waals surface area contributed by atoms with Crippen molar-refractivity contribution < 1.29 is 9.82 Å². The molecular formula is C8H20F2P+. The SMILES string of the molecule is CCCC[PH](F)(F)CCCC.[H+]. The van der Waals surface area contributed by atoms with E-state index in [9.17, 15) is 8.39 Å². The summed E-state index contributed by atoms with van der Waals surface area (Å²) in [5.74, 6) is 0. The van der Waals surface area contributed by atoms with Gasteiger partial charge < -0.3 is 0 Å². The average molecular weight is 185 g/mol. The van der Waals surface area contributed by atoms with Crippen LogP contribution in [0.2, 0.25) is 0 Å². The van der Waals surface area contributed by atoms with E-state index in [4.69, 9.17) is 0 Å². The van der Waals surface area contributed by atoms with E-state index in [-0.39, 0.29) is 13.8 Å². The standard InChI is InChI=1S/C8H19F2P/c1-3-5-7-11(9,10)8-6-4-2/h11H,3-8H2,1-2H3/p+1. The summed E-state index contributed by atoms with van der Waals surface area (Å²) < 4.78 is 25.9. The summed E-state index contributed by atoms with van der Waals surface area (Å²) in [6.45, 7) is 3.93. The van der Waals surface area contributed by atoms with Gasteiger partial charge in [0.2, 0.25) is 0 Å². The first-order chi connectivity index (χ1) is 5.12. The van der Waals surface area contributed by atoms with E-state index >= 15 is 0 Å². The summed E-state index contributed by atoms with van der Waals surface area (Å²) in [7, 11) is -3.75. The van der Waals surface area contributed by atoms with Crippen molar-refractivity contribution in [2.45, 2.75) is 39.5 Å². The van der Waals surface area contributed by atoms with Crippen molar-refractivity contribution in [2.24, 2.45) is 0 Å². The third kappa shape index (κ3) is 6.68. The van der Waals surface area contributed by atoms with Crippen LogP contribution in [0, 0.1) is 0 Å². The molecule has 0 aromatic rings. The van der Waals surface area contributed by atoms with Gasteiger partial charge in [-0.25, -0.2) is 0 Å². The van der Waals surface area contributed by atoms with Gasteiger partial charge in [-0.1, -0.05) is 0 Å². The van der Waals surface area contributed by atoms with Gasteiger partial charge in [0.1, 0.15) is 0 Å². The molecule has 0 aromatic heterocycles. The van der Waals surface area contributed by atoms with E-state index in [0.717, 1.165) is 12.8 Å². The van der Waals surface area contributed by atoms with Crippen LogP contribution in [0.25, 0.3) is 0 Å². The molecule has 0 saturated heterocycles. The van der Waals surface area contributed by atoms with Crippen molar-refractivity contribution in [3.8, 4) is 0 Å². The number of hydrogen-bond acceptors (Lipinski definition) is 0. The molecule has 0 aliphatic heterocycles. The van der Waals surface area contributed by atoms with Crippen LogP contribution in [0.4, 0.5) is 8.39 Å². The molecule has 0 radical (unpaired) electrons. The molecule has 70 valence electrons. The van der Waals surface area contributed by atoms with Gasteiger partial charge in [0.05, 0.1) is 0 Å². The van der Waals surface area contributed by atoms with Crippen molar-refractivity contribution in [3.63, 3.8) is 0 Å². The van der Waals surface area contributed by atoms with E-state index in [0.29, 0.717) is 12.8 Å². The second kappa shape index (κ2) is 5.88. The number of halogens is 2. The van der Waals surface area contributed by atoms with Crippen LogP contribution in [0.15, 0.2) is 0 Å². The van der Waals surface area contributed by atoms with E-state index < -0.39 is 7.88 Å². The van der Waals surface area contributed by atoms with Gasteiger partial charge in [0, 0.05) is 0 Å². The van der Waals surface area contributed by atoms with Crippen molar-refractivity contribution in [1.29, 1.82) is 0 Å². The van der Waals surface area contributed by atoms with Crippen LogP contribution >= 0.6 is 7.88 Å². The van der Waals surface area contributed by atoms with Crippen LogP contribution in [-0.4, -0.2) is 12.3 Å². The molecule has 0 aromatic carbocycles. The quantitative estimate of drug-likeness (QED) is 0.543. The van der Waals surface area contributed by atoms with E-state index in [1.807, 2.05) is 13.8 Å². The Morgan fingerprint density at radius 3 is 1.64 bits per heavy atom. The van der Waals surface area contributed by atoms with Gasteiger partial charge in [-0.05, 0) is 0 Å². The molecule has 0 amide bonds. The smallest absolute Gasteiger partial charge is 1.00 e. The fourth-order valence-electron chi connectivity index (χ4n) is 0.996. The molecule has 0 saturated carbocycles. The van der Waals surface area contributed by atoms with Crippen LogP contribution in [0.1, 0.15) is 41.0 Å². The molecule has 0 nitrogen and oxygen atoms in total. The molecule has 0 unspecified atom stereocenters. The molecule has 11 heavy (non-hydrogen) atoms. The fraction of sp³-hybridized carbons (Fsp3) is 1.00. The van der Waals surface area contributed by atoms with Crippen LogP contribution in [0.5, 0.6) is 0 Å². The molecule has 0 spiro atoms. The summed E-state index contributed by atoms with van der Waals surface area (Å²) in [4.78, 5) is 0. The molecule has 0 N–H and O–H groups in total. The zero-order chi connectivity index (χ0) is 8.74. The van der Waals surface area contributed by atoms with Crippen LogP contribution in [-0.2, 0) is 0 Å². The summed E-state index contributed by atoms with van der Waals surface area (Å²) in [5, 5.41) is 0. The van der Waals surface area contributed by atoms with Gasteiger partial charge in [0.15, 0.2) is 0 Å². The largest absolute Gasteiger partial charge is 1.00 e. The Hall–Kier alpha value is 0.290. The second-order valence-electron chi connectivity index (χ2n) is 3.06. The Kier molecular flexibility index (Phi) is 6.03. The minimum Gasteiger partial charge on any atom is 1.00 e. The predicted octanol–water partition coefficient (Wildman–Crippen LogP) is 4.22. The Balaban J connectivity index is 0. The summed E-state index contributed by atoms with van der Waals surface area (Å²) in [6, 6.07) is 0. The van der Waals surface area contributed by atoms with Crippen molar-refractivity contribution in [3.05, 3.63) is 0 Å². The first-order valence-electron chi connectivity index (χ1n) is 4.50. The zero-order valence-electron chi connectivity index (χ0n) is 8.50. The molecule has 3 heteroatoms. The summed E-state index contributed by atoms with van der Waals surface area (Å²) in [5.41, 5.74) is 0. The fourth-order valence-corrected chi connectivity index (χ4v) is 2.99. The summed E-state index contributed by atoms with van der Waals surface area (Å²) >= 11 is 0. The molecule has 0 aliphatic rings. The third-order valence-electron chi connectivity index (χ3n) is 1.79. The monoisotopic (exact) mass is 185 g/mol. The normalized spacial score (nSPS) is 13.5. The maximum absolute atomic E-state index is 12.9. The van der Waals surface area contributed by atoms with Crippen molar-refractivity contribution in [1.82, 2.24) is 0 Å². The molecule has 0 fully saturated rings. The molecular weight excluding hydrogens is 165 g/mol. The topological polar surface area (TPSA) is 0 Å². The number of rotatable bonds is 6. The zero-order valence-corrected chi connectivity index (χ0v) is 8.50. The minimum atomic E-state index is -3.75. The van der Waals surface area contributed by atoms with Gasteiger partial charge in [-0.2, -0.15) is 0 Å². The van der Waals surface area contributed by atoms with Crippen LogP contribution < -0.4 is 0 Å². The van der Waals surface area contributed by atoms with Crippen molar-refractivity contribution >= 4 is 7.88 Å². The van der Waals surface area contributed by atoms with E-state index in [1.54, 1.807) is 0 Å². The molecule has 0 heterocycles. The van der Waals surface area contributed by atoms with Gasteiger partial charge in [0.25, 0.3) is 0 Å². The minimum absolute atomic E-state index is 0. The Bertz CT molecular complexity index is 89.1. The molecule has 0 bridgehead atoms. The van der Waals surface area contributed by atoms with Gasteiger partial charge in [-0.15, -0.1) is 0 Å². The Labute approximate surface area is 70.4 Å². The average Bonchev–Trinajstić information content (AvgIpc) is 1.97. The summed E-state index contributed by atoms with van der Waals surface area (Å²) in [6.07, 6.45) is 3.64. The van der Waals surface area contributed by atoms with Gasteiger partial charge >= 0.3 is 69.6 Å². The van der Waals surface area contributed by atoms with E-state index in [2.05, 4.69) is 0 Å². The Morgan fingerprint density at radius 2 is 1.36 bits per heavy atom. The second-order valence-corrected chi connectivity index (χ2v) is 5.77. The Morgan fingerprint density at radius 1 is 1.00 bits per heavy atom. The molecule has 0 rings (SSSR count). The number of unbranched alkanes of at least 4 members (excludes halogenated alkanes) is 2. The maximum Gasteiger partial charge on any atom is 1.00 e. The number of hydrogen-bond donors (Lipinski definition) is 0. The molecule has 0 atom stereocenters. The molecule has 0 aliphatic carbocycles. The van der Waals surface area contributed by atoms with Crippen LogP contribution in [0.3, 0.4) is 0 Å².